The molecule has 0 atom stereocenters. The predicted octanol–water partition coefficient (Wildman–Crippen LogP) is 3.81. The number of nitrogens with zero attached hydrogens (tertiary/aromatic N) is 2. The van der Waals surface area contributed by atoms with Crippen molar-refractivity contribution in [1.29, 1.82) is 0 Å². The van der Waals surface area contributed by atoms with E-state index in [1.165, 1.54) is 13.0 Å². The number of nitro groups is 1. The van der Waals surface area contributed by atoms with Crippen LogP contribution >= 0.6 is 0 Å². The number of carbonyl (C=O) groups excluding carboxylic acids is 1. The van der Waals surface area contributed by atoms with Gasteiger partial charge in [0, 0.05) is 24.7 Å². The summed E-state index contributed by atoms with van der Waals surface area (Å²) in [5, 5.41) is 11.3. The number of Topliss-reactive ketones (excluding diaryl/α,β-unsaturated/α-hetero) is 1. The van der Waals surface area contributed by atoms with E-state index in [2.05, 4.69) is 18.7 Å². The third kappa shape index (κ3) is 3.60. The maximum Gasteiger partial charge on any atom is 0.293 e. The summed E-state index contributed by atoms with van der Waals surface area (Å²) < 4.78 is 0. The van der Waals surface area contributed by atoms with Gasteiger partial charge in [0.05, 0.1) is 4.92 Å². The number of nitro benzene ring substituents is 1. The Bertz CT molecular complexity index is 567. The highest BCUT2D eigenvalue weighted by molar-refractivity contribution is 5.95. The summed E-state index contributed by atoms with van der Waals surface area (Å²) in [5.74, 6) is -0.151. The molecule has 114 valence electrons. The summed E-state index contributed by atoms with van der Waals surface area (Å²) in [4.78, 5) is 24.4. The monoisotopic (exact) mass is 290 g/mol. The summed E-state index contributed by atoms with van der Waals surface area (Å²) in [6, 6.07) is 4.79. The van der Waals surface area contributed by atoms with Crippen molar-refractivity contribution < 1.29 is 9.72 Å². The second-order valence-electron chi connectivity index (χ2n) is 6.52. The van der Waals surface area contributed by atoms with Crippen molar-refractivity contribution in [3.63, 3.8) is 0 Å². The lowest BCUT2D eigenvalue weighted by Gasteiger charge is -2.24. The fourth-order valence-electron chi connectivity index (χ4n) is 2.82. The molecule has 5 nitrogen and oxygen atoms in total. The molecule has 0 aliphatic carbocycles. The zero-order chi connectivity index (χ0) is 15.6. The van der Waals surface area contributed by atoms with E-state index in [-0.39, 0.29) is 16.9 Å². The Labute approximate surface area is 125 Å². The number of hydrogen-bond acceptors (Lipinski definition) is 4. The highest BCUT2D eigenvalue weighted by atomic mass is 16.6. The van der Waals surface area contributed by atoms with Crippen LogP contribution < -0.4 is 4.90 Å². The number of anilines is 1. The van der Waals surface area contributed by atoms with E-state index < -0.39 is 4.92 Å². The second-order valence-corrected chi connectivity index (χ2v) is 6.52. The molecule has 1 aromatic carbocycles. The minimum absolute atomic E-state index is 0.0300. The standard InChI is InChI=1S/C16H22N2O3/c1-12(19)13-5-6-14(15(11-13)18(20)21)17-9-4-7-16(2,3)8-10-17/h5-6,11H,4,7-10H2,1-3H3. The van der Waals surface area contributed by atoms with Gasteiger partial charge in [0.1, 0.15) is 5.69 Å². The molecule has 1 aliphatic heterocycles. The van der Waals surface area contributed by atoms with Crippen LogP contribution in [0.3, 0.4) is 0 Å². The molecule has 2 rings (SSSR count). The molecule has 1 aromatic rings. The maximum atomic E-state index is 11.4. The fourth-order valence-corrected chi connectivity index (χ4v) is 2.82. The Balaban J connectivity index is 2.34. The van der Waals surface area contributed by atoms with Gasteiger partial charge in [-0.2, -0.15) is 0 Å². The van der Waals surface area contributed by atoms with Gasteiger partial charge in [-0.1, -0.05) is 13.8 Å². The minimum atomic E-state index is -0.391. The summed E-state index contributed by atoms with van der Waals surface area (Å²) in [6.45, 7) is 7.54. The van der Waals surface area contributed by atoms with E-state index in [0.717, 1.165) is 32.4 Å². The zero-order valence-electron chi connectivity index (χ0n) is 12.9. The maximum absolute atomic E-state index is 11.4. The van der Waals surface area contributed by atoms with E-state index in [1.807, 2.05) is 0 Å². The van der Waals surface area contributed by atoms with Crippen LogP contribution in [0.2, 0.25) is 0 Å². The van der Waals surface area contributed by atoms with Crippen molar-refractivity contribution in [2.24, 2.45) is 5.41 Å². The molecule has 0 bridgehead atoms. The fraction of sp³-hybridized carbons (Fsp3) is 0.562. The SMILES string of the molecule is CC(=O)c1ccc(N2CCCC(C)(C)CC2)c([N+](=O)[O-])c1. The number of ketones is 1. The van der Waals surface area contributed by atoms with Gasteiger partial charge in [0.15, 0.2) is 5.78 Å². The van der Waals surface area contributed by atoms with Crippen molar-refractivity contribution in [3.8, 4) is 0 Å². The first kappa shape index (κ1) is 15.5. The lowest BCUT2D eigenvalue weighted by molar-refractivity contribution is -0.384. The summed E-state index contributed by atoms with van der Waals surface area (Å²) in [5.41, 5.74) is 1.33. The Hall–Kier alpha value is -1.91. The molecule has 0 spiro atoms. The number of carbonyl (C=O) groups is 1. The second kappa shape index (κ2) is 5.84. The van der Waals surface area contributed by atoms with Gasteiger partial charge in [-0.3, -0.25) is 14.9 Å². The van der Waals surface area contributed by atoms with E-state index in [0.29, 0.717) is 11.3 Å². The van der Waals surface area contributed by atoms with E-state index >= 15 is 0 Å². The van der Waals surface area contributed by atoms with Gasteiger partial charge in [0.2, 0.25) is 0 Å². The van der Waals surface area contributed by atoms with Crippen molar-refractivity contribution in [1.82, 2.24) is 0 Å². The molecule has 0 N–H and O–H groups in total. The van der Waals surface area contributed by atoms with Crippen LogP contribution in [0, 0.1) is 15.5 Å². The molecule has 1 fully saturated rings. The lowest BCUT2D eigenvalue weighted by Crippen LogP contribution is -2.25. The van der Waals surface area contributed by atoms with Gasteiger partial charge >= 0.3 is 0 Å². The molecule has 1 heterocycles. The van der Waals surface area contributed by atoms with Crippen LogP contribution in [0.4, 0.5) is 11.4 Å². The van der Waals surface area contributed by atoms with Gasteiger partial charge in [-0.25, -0.2) is 0 Å². The molecule has 0 amide bonds. The van der Waals surface area contributed by atoms with Crippen molar-refractivity contribution in [3.05, 3.63) is 33.9 Å². The first-order valence-corrected chi connectivity index (χ1v) is 7.34. The quantitative estimate of drug-likeness (QED) is 0.482. The molecule has 0 saturated carbocycles. The number of rotatable bonds is 3. The Morgan fingerprint density at radius 1 is 1.29 bits per heavy atom. The molecule has 0 radical (unpaired) electrons. The molecule has 1 aliphatic rings. The van der Waals surface area contributed by atoms with Crippen LogP contribution in [-0.2, 0) is 0 Å². The lowest BCUT2D eigenvalue weighted by atomic mass is 9.85. The number of hydrogen-bond donors (Lipinski definition) is 0. The average molecular weight is 290 g/mol. The Kier molecular flexibility index (Phi) is 4.30. The van der Waals surface area contributed by atoms with Crippen molar-refractivity contribution in [2.75, 3.05) is 18.0 Å². The highest BCUT2D eigenvalue weighted by Crippen LogP contribution is 2.35. The van der Waals surface area contributed by atoms with E-state index in [1.54, 1.807) is 12.1 Å². The summed E-state index contributed by atoms with van der Waals surface area (Å²) in [6.07, 6.45) is 3.17. The predicted molar refractivity (Wildman–Crippen MR) is 82.9 cm³/mol. The third-order valence-electron chi connectivity index (χ3n) is 4.26. The highest BCUT2D eigenvalue weighted by Gasteiger charge is 2.27. The Morgan fingerprint density at radius 3 is 2.62 bits per heavy atom. The summed E-state index contributed by atoms with van der Waals surface area (Å²) >= 11 is 0. The van der Waals surface area contributed by atoms with Gasteiger partial charge < -0.3 is 4.90 Å². The average Bonchev–Trinajstić information content (AvgIpc) is 2.59. The number of benzene rings is 1. The Morgan fingerprint density at radius 2 is 2.00 bits per heavy atom. The van der Waals surface area contributed by atoms with Gasteiger partial charge in [0.25, 0.3) is 5.69 Å². The van der Waals surface area contributed by atoms with Crippen LogP contribution in [-0.4, -0.2) is 23.8 Å². The van der Waals surface area contributed by atoms with E-state index in [4.69, 9.17) is 0 Å². The normalized spacial score (nSPS) is 18.1. The van der Waals surface area contributed by atoms with Crippen LogP contribution in [0.1, 0.15) is 50.4 Å². The molecule has 5 heteroatoms. The van der Waals surface area contributed by atoms with Gasteiger partial charge in [-0.05, 0) is 43.7 Å². The molecular formula is C16H22N2O3. The molecule has 1 saturated heterocycles. The minimum Gasteiger partial charge on any atom is -0.366 e. The van der Waals surface area contributed by atoms with E-state index in [9.17, 15) is 14.9 Å². The van der Waals surface area contributed by atoms with Crippen LogP contribution in [0.25, 0.3) is 0 Å². The molecule has 0 unspecified atom stereocenters. The smallest absolute Gasteiger partial charge is 0.293 e. The summed E-state index contributed by atoms with van der Waals surface area (Å²) in [7, 11) is 0. The van der Waals surface area contributed by atoms with Gasteiger partial charge in [-0.15, -0.1) is 0 Å². The van der Waals surface area contributed by atoms with Crippen molar-refractivity contribution in [2.45, 2.75) is 40.0 Å². The topological polar surface area (TPSA) is 63.5 Å². The largest absolute Gasteiger partial charge is 0.366 e. The first-order valence-electron chi connectivity index (χ1n) is 7.34. The molecular weight excluding hydrogens is 268 g/mol. The molecule has 0 aromatic heterocycles. The van der Waals surface area contributed by atoms with Crippen LogP contribution in [0.15, 0.2) is 18.2 Å². The van der Waals surface area contributed by atoms with Crippen molar-refractivity contribution >= 4 is 17.2 Å². The molecule has 21 heavy (non-hydrogen) atoms. The van der Waals surface area contributed by atoms with Crippen LogP contribution in [0.5, 0.6) is 0 Å². The first-order chi connectivity index (χ1) is 9.80. The third-order valence-corrected chi connectivity index (χ3v) is 4.26. The zero-order valence-corrected chi connectivity index (χ0v) is 12.9.